The predicted octanol–water partition coefficient (Wildman–Crippen LogP) is 1.20. The fourth-order valence-corrected chi connectivity index (χ4v) is 2.27. The Morgan fingerprint density at radius 2 is 1.76 bits per heavy atom. The van der Waals surface area contributed by atoms with Crippen molar-refractivity contribution < 1.29 is 0 Å². The van der Waals surface area contributed by atoms with Gasteiger partial charge in [0.2, 0.25) is 0 Å². The first-order valence-electron chi connectivity index (χ1n) is 7.13. The molecule has 0 aliphatic rings. The van der Waals surface area contributed by atoms with Gasteiger partial charge >= 0.3 is 11.1 Å². The third-order valence-corrected chi connectivity index (χ3v) is 3.57. The summed E-state index contributed by atoms with van der Waals surface area (Å²) in [5, 5.41) is 0. The van der Waals surface area contributed by atoms with Crippen LogP contribution in [0.15, 0.2) is 46.2 Å². The first kappa shape index (κ1) is 15.3. The molecule has 1 atom stereocenters. The van der Waals surface area contributed by atoms with Gasteiger partial charge in [-0.05, 0) is 17.5 Å². The van der Waals surface area contributed by atoms with Crippen LogP contribution in [0, 0.1) is 0 Å². The minimum absolute atomic E-state index is 0.294. The maximum Gasteiger partial charge on any atom is 0.316 e. The van der Waals surface area contributed by atoms with Crippen molar-refractivity contribution >= 4 is 0 Å². The minimum Gasteiger partial charge on any atom is -0.322 e. The number of nitrogens with zero attached hydrogens (tertiary/aromatic N) is 2. The third-order valence-electron chi connectivity index (χ3n) is 3.57. The van der Waals surface area contributed by atoms with E-state index in [4.69, 9.17) is 5.73 Å². The predicted molar refractivity (Wildman–Crippen MR) is 83.3 cm³/mol. The summed E-state index contributed by atoms with van der Waals surface area (Å²) in [7, 11) is 1.56. The second-order valence-electron chi connectivity index (χ2n) is 5.27. The second-order valence-corrected chi connectivity index (χ2v) is 5.27. The van der Waals surface area contributed by atoms with E-state index in [0.29, 0.717) is 6.54 Å². The van der Waals surface area contributed by atoms with Gasteiger partial charge in [-0.15, -0.1) is 0 Å². The van der Waals surface area contributed by atoms with E-state index < -0.39 is 11.1 Å². The lowest BCUT2D eigenvalue weighted by Gasteiger charge is -2.14. The molecule has 0 saturated heterocycles. The molecule has 1 heterocycles. The molecule has 0 amide bonds. The van der Waals surface area contributed by atoms with Crippen molar-refractivity contribution in [3.63, 3.8) is 0 Å². The zero-order valence-electron chi connectivity index (χ0n) is 12.5. The topological polar surface area (TPSA) is 70.0 Å². The highest BCUT2D eigenvalue weighted by atomic mass is 16.2. The molecular weight excluding hydrogens is 266 g/mol. The van der Waals surface area contributed by atoms with Crippen molar-refractivity contribution in [2.75, 3.05) is 0 Å². The van der Waals surface area contributed by atoms with Crippen LogP contribution in [0.3, 0.4) is 0 Å². The molecule has 0 aliphatic carbocycles. The van der Waals surface area contributed by atoms with Gasteiger partial charge in [0, 0.05) is 32.0 Å². The molecule has 2 aromatic rings. The van der Waals surface area contributed by atoms with E-state index in [-0.39, 0.29) is 6.04 Å². The molecule has 1 aromatic heterocycles. The Kier molecular flexibility index (Phi) is 4.75. The van der Waals surface area contributed by atoms with Gasteiger partial charge in [-0.2, -0.15) is 0 Å². The Bertz CT molecular complexity index is 714. The molecule has 1 unspecified atom stereocenters. The summed E-state index contributed by atoms with van der Waals surface area (Å²) >= 11 is 0. The molecule has 0 radical (unpaired) electrons. The van der Waals surface area contributed by atoms with E-state index in [1.165, 1.54) is 14.7 Å². The lowest BCUT2D eigenvalue weighted by atomic mass is 10.0. The minimum atomic E-state index is -0.543. The van der Waals surface area contributed by atoms with E-state index in [2.05, 4.69) is 19.1 Å². The molecule has 0 bridgehead atoms. The average molecular weight is 287 g/mol. The van der Waals surface area contributed by atoms with Crippen LogP contribution in [0.1, 0.15) is 30.5 Å². The number of hydrogen-bond acceptors (Lipinski definition) is 3. The van der Waals surface area contributed by atoms with Gasteiger partial charge in [-0.3, -0.25) is 9.59 Å². The summed E-state index contributed by atoms with van der Waals surface area (Å²) in [6.07, 6.45) is 5.31. The third kappa shape index (κ3) is 3.49. The number of aryl methyl sites for hydroxylation is 2. The molecule has 1 aromatic carbocycles. The first-order chi connectivity index (χ1) is 10.0. The van der Waals surface area contributed by atoms with Crippen LogP contribution < -0.4 is 16.9 Å². The van der Waals surface area contributed by atoms with Gasteiger partial charge in [0.1, 0.15) is 0 Å². The van der Waals surface area contributed by atoms with Gasteiger partial charge in [0.25, 0.3) is 0 Å². The van der Waals surface area contributed by atoms with Crippen molar-refractivity contribution in [3.05, 3.63) is 68.5 Å². The molecule has 5 heteroatoms. The van der Waals surface area contributed by atoms with E-state index in [1.54, 1.807) is 19.4 Å². The lowest BCUT2D eigenvalue weighted by Crippen LogP contribution is -2.40. The van der Waals surface area contributed by atoms with E-state index in [0.717, 1.165) is 18.4 Å². The zero-order valence-corrected chi connectivity index (χ0v) is 12.5. The summed E-state index contributed by atoms with van der Waals surface area (Å²) in [4.78, 5) is 23.5. The molecule has 2 rings (SSSR count). The Morgan fingerprint density at radius 1 is 1.10 bits per heavy atom. The number of benzene rings is 1. The lowest BCUT2D eigenvalue weighted by molar-refractivity contribution is 0.548. The SMILES string of the molecule is CCCc1ccc(C(N)Cn2ccn(C)c(=O)c2=O)cc1. The molecule has 112 valence electrons. The summed E-state index contributed by atoms with van der Waals surface area (Å²) in [6, 6.07) is 7.78. The Morgan fingerprint density at radius 3 is 2.38 bits per heavy atom. The summed E-state index contributed by atoms with van der Waals surface area (Å²) in [5.74, 6) is 0. The molecule has 0 spiro atoms. The number of aromatic nitrogens is 2. The molecule has 2 N–H and O–H groups in total. The monoisotopic (exact) mass is 287 g/mol. The van der Waals surface area contributed by atoms with Gasteiger partial charge in [-0.1, -0.05) is 37.6 Å². The van der Waals surface area contributed by atoms with Gasteiger partial charge in [0.05, 0.1) is 0 Å². The number of nitrogens with two attached hydrogens (primary N) is 1. The van der Waals surface area contributed by atoms with Gasteiger partial charge in [-0.25, -0.2) is 0 Å². The van der Waals surface area contributed by atoms with Gasteiger partial charge in [0.15, 0.2) is 0 Å². The van der Waals surface area contributed by atoms with E-state index in [1.807, 2.05) is 12.1 Å². The quantitative estimate of drug-likeness (QED) is 0.840. The first-order valence-corrected chi connectivity index (χ1v) is 7.13. The summed E-state index contributed by atoms with van der Waals surface area (Å²) in [5.41, 5.74) is 7.29. The standard InChI is InChI=1S/C16H21N3O2/c1-3-4-12-5-7-13(8-6-12)14(17)11-19-10-9-18(2)15(20)16(19)21/h5-10,14H,3-4,11,17H2,1-2H3. The summed E-state index contributed by atoms with van der Waals surface area (Å²) in [6.45, 7) is 2.43. The van der Waals surface area contributed by atoms with Gasteiger partial charge < -0.3 is 14.9 Å². The van der Waals surface area contributed by atoms with Crippen LogP contribution in [-0.4, -0.2) is 9.13 Å². The van der Waals surface area contributed by atoms with Crippen LogP contribution >= 0.6 is 0 Å². The van der Waals surface area contributed by atoms with E-state index >= 15 is 0 Å². The number of rotatable bonds is 5. The fraction of sp³-hybridized carbons (Fsp3) is 0.375. The highest BCUT2D eigenvalue weighted by molar-refractivity contribution is 5.24. The van der Waals surface area contributed by atoms with Crippen LogP contribution in [0.4, 0.5) is 0 Å². The maximum absolute atomic E-state index is 11.9. The van der Waals surface area contributed by atoms with Crippen LogP contribution in [-0.2, 0) is 20.0 Å². The van der Waals surface area contributed by atoms with Crippen molar-refractivity contribution in [1.29, 1.82) is 0 Å². The second kappa shape index (κ2) is 6.54. The van der Waals surface area contributed by atoms with Crippen LogP contribution in [0.5, 0.6) is 0 Å². The fourth-order valence-electron chi connectivity index (χ4n) is 2.27. The zero-order chi connectivity index (χ0) is 15.4. The molecule has 0 saturated carbocycles. The molecule has 5 nitrogen and oxygen atoms in total. The average Bonchev–Trinajstić information content (AvgIpc) is 2.49. The van der Waals surface area contributed by atoms with Crippen molar-refractivity contribution in [1.82, 2.24) is 9.13 Å². The van der Waals surface area contributed by atoms with Crippen LogP contribution in [0.2, 0.25) is 0 Å². The molecule has 21 heavy (non-hydrogen) atoms. The Balaban J connectivity index is 2.18. The normalized spacial score (nSPS) is 12.3. The Labute approximate surface area is 123 Å². The highest BCUT2D eigenvalue weighted by Crippen LogP contribution is 2.14. The van der Waals surface area contributed by atoms with Crippen molar-refractivity contribution in [3.8, 4) is 0 Å². The van der Waals surface area contributed by atoms with Crippen LogP contribution in [0.25, 0.3) is 0 Å². The Hall–Kier alpha value is -2.14. The molecular formula is C16H21N3O2. The molecule has 0 fully saturated rings. The smallest absolute Gasteiger partial charge is 0.316 e. The molecule has 0 aliphatic heterocycles. The van der Waals surface area contributed by atoms with Crippen molar-refractivity contribution in [2.45, 2.75) is 32.4 Å². The van der Waals surface area contributed by atoms with E-state index in [9.17, 15) is 9.59 Å². The largest absolute Gasteiger partial charge is 0.322 e. The maximum atomic E-state index is 11.9. The highest BCUT2D eigenvalue weighted by Gasteiger charge is 2.10. The summed E-state index contributed by atoms with van der Waals surface area (Å²) < 4.78 is 2.64. The van der Waals surface area contributed by atoms with Crippen molar-refractivity contribution in [2.24, 2.45) is 12.8 Å². The number of hydrogen-bond donors (Lipinski definition) is 1.